The van der Waals surface area contributed by atoms with E-state index in [0.717, 1.165) is 43.7 Å². The summed E-state index contributed by atoms with van der Waals surface area (Å²) < 4.78 is 5.26. The Kier molecular flexibility index (Phi) is 5.01. The molecular weight excluding hydrogens is 252 g/mol. The molecule has 1 aromatic carbocycles. The predicted molar refractivity (Wildman–Crippen MR) is 81.1 cm³/mol. The molecule has 1 aliphatic rings. The third kappa shape index (κ3) is 2.96. The number of benzene rings is 1. The smallest absolute Gasteiger partial charge is 0.231 e. The second-order valence-corrected chi connectivity index (χ2v) is 5.31. The third-order valence-corrected chi connectivity index (χ3v) is 3.94. The number of anilines is 1. The van der Waals surface area contributed by atoms with Crippen molar-refractivity contribution in [3.63, 3.8) is 0 Å². The molecule has 0 fully saturated rings. The summed E-state index contributed by atoms with van der Waals surface area (Å²) in [5, 5.41) is 0. The number of fused-ring (bicyclic) bond motifs is 1. The fourth-order valence-electron chi connectivity index (χ4n) is 2.84. The van der Waals surface area contributed by atoms with E-state index < -0.39 is 0 Å². The molecule has 4 nitrogen and oxygen atoms in total. The van der Waals surface area contributed by atoms with E-state index in [1.54, 1.807) is 7.11 Å². The molecule has 1 atom stereocenters. The average Bonchev–Trinajstić information content (AvgIpc) is 2.50. The Morgan fingerprint density at radius 3 is 2.95 bits per heavy atom. The van der Waals surface area contributed by atoms with Crippen molar-refractivity contribution in [2.75, 3.05) is 25.1 Å². The molecule has 0 aliphatic carbocycles. The molecule has 1 amide bonds. The first-order valence-corrected chi connectivity index (χ1v) is 7.39. The molecule has 0 aromatic heterocycles. The van der Waals surface area contributed by atoms with Crippen molar-refractivity contribution >= 4 is 11.6 Å². The van der Waals surface area contributed by atoms with Crippen LogP contribution in [0.15, 0.2) is 18.2 Å². The molecule has 4 heteroatoms. The highest BCUT2D eigenvalue weighted by Gasteiger charge is 2.27. The van der Waals surface area contributed by atoms with Crippen LogP contribution < -0.4 is 15.4 Å². The number of hydrogen-bond donors (Lipinski definition) is 1. The number of nitrogens with two attached hydrogens (primary N) is 1. The van der Waals surface area contributed by atoms with Gasteiger partial charge in [-0.05, 0) is 43.0 Å². The number of carbonyl (C=O) groups is 1. The first-order valence-electron chi connectivity index (χ1n) is 7.39. The van der Waals surface area contributed by atoms with Gasteiger partial charge in [-0.2, -0.15) is 0 Å². The fourth-order valence-corrected chi connectivity index (χ4v) is 2.84. The zero-order chi connectivity index (χ0) is 14.5. The Balaban J connectivity index is 2.25. The van der Waals surface area contributed by atoms with Crippen LogP contribution in [0.5, 0.6) is 5.75 Å². The highest BCUT2D eigenvalue weighted by molar-refractivity contribution is 5.96. The molecule has 0 spiro atoms. The number of nitrogens with zero attached hydrogens (tertiary/aromatic N) is 1. The fraction of sp³-hybridized carbons (Fsp3) is 0.562. The molecule has 1 unspecified atom stereocenters. The van der Waals surface area contributed by atoms with Gasteiger partial charge >= 0.3 is 0 Å². The Hall–Kier alpha value is -1.55. The molecule has 0 bridgehead atoms. The van der Waals surface area contributed by atoms with Gasteiger partial charge in [0.15, 0.2) is 0 Å². The number of methoxy groups -OCH3 is 1. The lowest BCUT2D eigenvalue weighted by atomic mass is 9.97. The number of aryl methyl sites for hydroxylation is 1. The molecular formula is C16H24N2O2. The van der Waals surface area contributed by atoms with Crippen molar-refractivity contribution in [2.24, 2.45) is 11.7 Å². The van der Waals surface area contributed by atoms with E-state index in [2.05, 4.69) is 6.92 Å². The van der Waals surface area contributed by atoms with Gasteiger partial charge < -0.3 is 15.4 Å². The maximum Gasteiger partial charge on any atom is 0.231 e. The highest BCUT2D eigenvalue weighted by Crippen LogP contribution is 2.31. The average molecular weight is 276 g/mol. The van der Waals surface area contributed by atoms with Crippen molar-refractivity contribution in [1.29, 1.82) is 0 Å². The highest BCUT2D eigenvalue weighted by atomic mass is 16.5. The van der Waals surface area contributed by atoms with Crippen molar-refractivity contribution in [3.05, 3.63) is 23.8 Å². The maximum atomic E-state index is 12.7. The largest absolute Gasteiger partial charge is 0.497 e. The topological polar surface area (TPSA) is 55.6 Å². The summed E-state index contributed by atoms with van der Waals surface area (Å²) in [5.74, 6) is 0.954. The van der Waals surface area contributed by atoms with Gasteiger partial charge in [-0.15, -0.1) is 0 Å². The van der Waals surface area contributed by atoms with Gasteiger partial charge in [0.05, 0.1) is 13.0 Å². The maximum absolute atomic E-state index is 12.7. The molecule has 0 saturated heterocycles. The van der Waals surface area contributed by atoms with Crippen molar-refractivity contribution < 1.29 is 9.53 Å². The van der Waals surface area contributed by atoms with Gasteiger partial charge in [0, 0.05) is 18.8 Å². The van der Waals surface area contributed by atoms with E-state index in [1.807, 2.05) is 23.1 Å². The lowest BCUT2D eigenvalue weighted by Crippen LogP contribution is -2.42. The van der Waals surface area contributed by atoms with Crippen LogP contribution in [0.2, 0.25) is 0 Å². The molecule has 2 rings (SSSR count). The first kappa shape index (κ1) is 14.9. The summed E-state index contributed by atoms with van der Waals surface area (Å²) in [6.07, 6.45) is 3.83. The van der Waals surface area contributed by atoms with Gasteiger partial charge in [-0.1, -0.05) is 13.3 Å². The number of ether oxygens (including phenoxy) is 1. The number of carbonyl (C=O) groups excluding carboxylic acids is 1. The van der Waals surface area contributed by atoms with Crippen LogP contribution in [0.1, 0.15) is 31.7 Å². The SMILES string of the molecule is CCCC(CN)C(=O)N1CCCc2cc(OC)ccc21. The molecule has 0 radical (unpaired) electrons. The minimum absolute atomic E-state index is 0.0620. The van der Waals surface area contributed by atoms with E-state index in [-0.39, 0.29) is 11.8 Å². The van der Waals surface area contributed by atoms with Crippen molar-refractivity contribution in [3.8, 4) is 5.75 Å². The summed E-state index contributed by atoms with van der Waals surface area (Å²) in [5.41, 5.74) is 7.98. The summed E-state index contributed by atoms with van der Waals surface area (Å²) in [7, 11) is 1.67. The van der Waals surface area contributed by atoms with Crippen molar-refractivity contribution in [2.45, 2.75) is 32.6 Å². The minimum atomic E-state index is -0.0620. The lowest BCUT2D eigenvalue weighted by molar-refractivity contribution is -0.122. The number of hydrogen-bond acceptors (Lipinski definition) is 3. The Labute approximate surface area is 120 Å². The molecule has 1 aliphatic heterocycles. The van der Waals surface area contributed by atoms with Gasteiger partial charge in [0.2, 0.25) is 5.91 Å². The zero-order valence-corrected chi connectivity index (χ0v) is 12.4. The van der Waals surface area contributed by atoms with E-state index in [1.165, 1.54) is 5.56 Å². The number of amides is 1. The predicted octanol–water partition coefficient (Wildman–Crippen LogP) is 2.35. The molecule has 0 saturated carbocycles. The van der Waals surface area contributed by atoms with Crippen molar-refractivity contribution in [1.82, 2.24) is 0 Å². The summed E-state index contributed by atoms with van der Waals surface area (Å²) >= 11 is 0. The van der Waals surface area contributed by atoms with Crippen LogP contribution in [0, 0.1) is 5.92 Å². The van der Waals surface area contributed by atoms with E-state index in [0.29, 0.717) is 6.54 Å². The van der Waals surface area contributed by atoms with Crippen LogP contribution >= 0.6 is 0 Å². The van der Waals surface area contributed by atoms with E-state index in [9.17, 15) is 4.79 Å². The molecule has 1 aromatic rings. The van der Waals surface area contributed by atoms with E-state index in [4.69, 9.17) is 10.5 Å². The van der Waals surface area contributed by atoms with Gasteiger partial charge in [-0.25, -0.2) is 0 Å². The molecule has 110 valence electrons. The van der Waals surface area contributed by atoms with Gasteiger partial charge in [0.1, 0.15) is 5.75 Å². The zero-order valence-electron chi connectivity index (χ0n) is 12.4. The third-order valence-electron chi connectivity index (χ3n) is 3.94. The van der Waals surface area contributed by atoms with Gasteiger partial charge in [0.25, 0.3) is 0 Å². The summed E-state index contributed by atoms with van der Waals surface area (Å²) in [6, 6.07) is 5.94. The minimum Gasteiger partial charge on any atom is -0.497 e. The van der Waals surface area contributed by atoms with Crippen LogP contribution in [-0.4, -0.2) is 26.1 Å². The van der Waals surface area contributed by atoms with Crippen LogP contribution in [0.4, 0.5) is 5.69 Å². The monoisotopic (exact) mass is 276 g/mol. The molecule has 20 heavy (non-hydrogen) atoms. The van der Waals surface area contributed by atoms with Crippen LogP contribution in [0.25, 0.3) is 0 Å². The quantitative estimate of drug-likeness (QED) is 0.898. The lowest BCUT2D eigenvalue weighted by Gasteiger charge is -2.32. The second kappa shape index (κ2) is 6.75. The van der Waals surface area contributed by atoms with Gasteiger partial charge in [-0.3, -0.25) is 4.79 Å². The van der Waals surface area contributed by atoms with Crippen LogP contribution in [0.3, 0.4) is 0 Å². The Bertz CT molecular complexity index is 474. The standard InChI is InChI=1S/C16H24N2O2/c1-3-5-13(11-17)16(19)18-9-4-6-12-10-14(20-2)7-8-15(12)18/h7-8,10,13H,3-6,9,11,17H2,1-2H3. The second-order valence-electron chi connectivity index (χ2n) is 5.31. The molecule has 2 N–H and O–H groups in total. The summed E-state index contributed by atoms with van der Waals surface area (Å²) in [6.45, 7) is 3.30. The van der Waals surface area contributed by atoms with E-state index >= 15 is 0 Å². The molecule has 1 heterocycles. The summed E-state index contributed by atoms with van der Waals surface area (Å²) in [4.78, 5) is 14.6. The Morgan fingerprint density at radius 2 is 2.30 bits per heavy atom. The number of rotatable bonds is 5. The van der Waals surface area contributed by atoms with Crippen LogP contribution in [-0.2, 0) is 11.2 Å². The normalized spacial score (nSPS) is 15.7. The Morgan fingerprint density at radius 1 is 1.50 bits per heavy atom. The first-order chi connectivity index (χ1) is 9.71.